The first-order chi connectivity index (χ1) is 17.3. The standard InChI is InChI=1S/3C6H8O7.3Mg/c3*7-3(8)1-6(13,5(11)12)2-4(9)10;;;/h3*13H,1-2H2,(H,7,8)(H,9,10)(H,11,12);;;/q;;;3*+2/p-6. The first-order valence-electron chi connectivity index (χ1n) is 9.40. The zero-order valence-corrected chi connectivity index (χ0v) is 25.4. The minimum absolute atomic E-state index is 0. The molecular weight excluding hydrogens is 625 g/mol. The van der Waals surface area contributed by atoms with Gasteiger partial charge in [0.15, 0.2) is 5.60 Å². The Balaban J connectivity index is -0.000000112. The van der Waals surface area contributed by atoms with Gasteiger partial charge in [-0.05, 0) is 0 Å². The zero-order chi connectivity index (χ0) is 31.9. The van der Waals surface area contributed by atoms with Gasteiger partial charge in [-0.3, -0.25) is 9.59 Å². The summed E-state index contributed by atoms with van der Waals surface area (Å²) in [5, 5.41) is 112. The molecule has 42 heavy (non-hydrogen) atoms. The number of aliphatic hydroxyl groups is 3. The van der Waals surface area contributed by atoms with E-state index in [0.717, 1.165) is 0 Å². The molecule has 0 spiro atoms. The van der Waals surface area contributed by atoms with Crippen LogP contribution in [0.15, 0.2) is 0 Å². The number of carbonyl (C=O) groups excluding carboxylic acids is 6. The van der Waals surface area contributed by atoms with Crippen molar-refractivity contribution in [2.75, 3.05) is 0 Å². The van der Waals surface area contributed by atoms with Crippen LogP contribution in [-0.2, 0) is 43.2 Å². The summed E-state index contributed by atoms with van der Waals surface area (Å²) in [6, 6.07) is 0. The molecule has 0 aromatic heterocycles. The summed E-state index contributed by atoms with van der Waals surface area (Å²) in [5.41, 5.74) is -8.69. The van der Waals surface area contributed by atoms with Crippen molar-refractivity contribution in [3.63, 3.8) is 0 Å². The molecule has 0 aromatic rings. The van der Waals surface area contributed by atoms with E-state index >= 15 is 0 Å². The Morgan fingerprint density at radius 2 is 0.595 bits per heavy atom. The molecule has 0 amide bonds. The second-order valence-electron chi connectivity index (χ2n) is 7.31. The third kappa shape index (κ3) is 24.0. The number of carbonyl (C=O) groups is 9. The van der Waals surface area contributed by atoms with E-state index in [2.05, 4.69) is 0 Å². The Morgan fingerprint density at radius 1 is 0.405 bits per heavy atom. The van der Waals surface area contributed by atoms with E-state index in [1.54, 1.807) is 0 Å². The maximum absolute atomic E-state index is 10.3. The minimum Gasteiger partial charge on any atom is -0.550 e. The number of hydrogen-bond acceptors (Lipinski definition) is 18. The van der Waals surface area contributed by atoms with Crippen molar-refractivity contribution in [2.24, 2.45) is 0 Å². The predicted octanol–water partition coefficient (Wildman–Crippen LogP) is -12.9. The summed E-state index contributed by atoms with van der Waals surface area (Å²) in [4.78, 5) is 90.5. The fraction of sp³-hybridized carbons (Fsp3) is 0.500. The van der Waals surface area contributed by atoms with Crippen molar-refractivity contribution in [3.8, 4) is 0 Å². The van der Waals surface area contributed by atoms with Crippen LogP contribution < -0.4 is 30.6 Å². The maximum atomic E-state index is 10.3. The van der Waals surface area contributed by atoms with Gasteiger partial charge in [-0.25, -0.2) is 4.79 Å². The summed E-state index contributed by atoms with van der Waals surface area (Å²) in [6.45, 7) is 0. The minimum atomic E-state index is -2.97. The van der Waals surface area contributed by atoms with Crippen molar-refractivity contribution in [1.29, 1.82) is 0 Å². The van der Waals surface area contributed by atoms with Crippen LogP contribution in [0.2, 0.25) is 0 Å². The average Bonchev–Trinajstić information content (AvgIpc) is 2.64. The van der Waals surface area contributed by atoms with Gasteiger partial charge in [0.25, 0.3) is 0 Å². The predicted molar refractivity (Wildman–Crippen MR) is 113 cm³/mol. The van der Waals surface area contributed by atoms with Gasteiger partial charge in [0.05, 0.1) is 24.8 Å². The number of carboxylic acids is 9. The smallest absolute Gasteiger partial charge is 0.550 e. The molecule has 0 atom stereocenters. The van der Waals surface area contributed by atoms with E-state index in [-0.39, 0.29) is 69.2 Å². The van der Waals surface area contributed by atoms with E-state index in [1.807, 2.05) is 0 Å². The van der Waals surface area contributed by atoms with E-state index < -0.39 is 109 Å². The number of rotatable bonds is 15. The third-order valence-corrected chi connectivity index (χ3v) is 3.79. The molecule has 0 aliphatic heterocycles. The van der Waals surface area contributed by atoms with Crippen LogP contribution in [0.1, 0.15) is 38.5 Å². The largest absolute Gasteiger partial charge is 2.00 e. The molecule has 0 aliphatic rings. The monoisotopic (exact) mass is 642 g/mol. The molecule has 6 N–H and O–H groups in total. The summed E-state index contributed by atoms with van der Waals surface area (Å²) in [5.74, 6) is -17.0. The van der Waals surface area contributed by atoms with Gasteiger partial charge in [0, 0.05) is 49.6 Å². The SMILES string of the molecule is O=C(O)CC(O)(CC(=O)O)C(=O)O.O=C([O-])CC(O)(CC(=O)[O-])C(=O)[O-].O=C([O-])CC(O)(CC(=O)[O-])C(=O)[O-].[Mg+2].[Mg+2].[Mg+2]. The molecule has 0 unspecified atom stereocenters. The molecule has 0 saturated heterocycles. The molecule has 0 fully saturated rings. The second-order valence-corrected chi connectivity index (χ2v) is 7.31. The van der Waals surface area contributed by atoms with Crippen LogP contribution in [0.3, 0.4) is 0 Å². The maximum Gasteiger partial charge on any atom is 2.00 e. The van der Waals surface area contributed by atoms with E-state index in [4.69, 9.17) is 30.6 Å². The topological polar surface area (TPSA) is 413 Å². The molecule has 0 aliphatic carbocycles. The van der Waals surface area contributed by atoms with Gasteiger partial charge in [-0.2, -0.15) is 0 Å². The van der Waals surface area contributed by atoms with Crippen molar-refractivity contribution in [2.45, 2.75) is 55.3 Å². The van der Waals surface area contributed by atoms with Crippen LogP contribution >= 0.6 is 0 Å². The van der Waals surface area contributed by atoms with E-state index in [9.17, 15) is 73.8 Å². The number of aliphatic carboxylic acids is 9. The molecule has 0 aromatic carbocycles. The van der Waals surface area contributed by atoms with Gasteiger partial charge in [-0.15, -0.1) is 0 Å². The van der Waals surface area contributed by atoms with Gasteiger partial charge < -0.3 is 90.0 Å². The molecule has 222 valence electrons. The second kappa shape index (κ2) is 22.9. The fourth-order valence-electron chi connectivity index (χ4n) is 2.08. The molecule has 0 radical (unpaired) electrons. The van der Waals surface area contributed by atoms with Crippen molar-refractivity contribution < 1.29 is 104 Å². The van der Waals surface area contributed by atoms with E-state index in [1.165, 1.54) is 0 Å². The van der Waals surface area contributed by atoms with Crippen molar-refractivity contribution in [1.82, 2.24) is 0 Å². The molecule has 0 heterocycles. The number of hydrogen-bond donors (Lipinski definition) is 6. The van der Waals surface area contributed by atoms with Crippen LogP contribution in [0, 0.1) is 0 Å². The normalized spacial score (nSPS) is 10.1. The number of carboxylic acid groups (broad SMARTS) is 9. The Hall–Kier alpha value is -2.59. The Morgan fingerprint density at radius 3 is 0.690 bits per heavy atom. The van der Waals surface area contributed by atoms with Crippen LogP contribution in [-0.4, -0.2) is 170 Å². The molecule has 0 saturated carbocycles. The fourth-order valence-corrected chi connectivity index (χ4v) is 2.08. The average molecular weight is 643 g/mol. The Kier molecular flexibility index (Phi) is 28.4. The molecule has 24 heteroatoms. The molecule has 21 nitrogen and oxygen atoms in total. The quantitative estimate of drug-likeness (QED) is 0.0902. The summed E-state index contributed by atoms with van der Waals surface area (Å²) < 4.78 is 0. The van der Waals surface area contributed by atoms with Crippen LogP contribution in [0.4, 0.5) is 0 Å². The van der Waals surface area contributed by atoms with Gasteiger partial charge in [0.2, 0.25) is 0 Å². The first kappa shape index (κ1) is 52.1. The summed E-state index contributed by atoms with van der Waals surface area (Å²) in [6.07, 6.45) is -7.72. The summed E-state index contributed by atoms with van der Waals surface area (Å²) in [7, 11) is 0. The first-order valence-corrected chi connectivity index (χ1v) is 9.40. The molecule has 0 bridgehead atoms. The van der Waals surface area contributed by atoms with E-state index in [0.29, 0.717) is 0 Å². The molecular formula is C18H18Mg3O21. The Bertz CT molecular complexity index is 821. The van der Waals surface area contributed by atoms with Gasteiger partial charge in [-0.1, -0.05) is 0 Å². The van der Waals surface area contributed by atoms with Crippen LogP contribution in [0.5, 0.6) is 0 Å². The molecule has 0 rings (SSSR count). The third-order valence-electron chi connectivity index (χ3n) is 3.79. The Labute approximate surface area is 281 Å². The van der Waals surface area contributed by atoms with Crippen LogP contribution in [0.25, 0.3) is 0 Å². The zero-order valence-electron chi connectivity index (χ0n) is 21.2. The van der Waals surface area contributed by atoms with Gasteiger partial charge >= 0.3 is 87.1 Å². The summed E-state index contributed by atoms with van der Waals surface area (Å²) >= 11 is 0. The van der Waals surface area contributed by atoms with Gasteiger partial charge in [0.1, 0.15) is 11.2 Å². The van der Waals surface area contributed by atoms with Crippen molar-refractivity contribution >= 4 is 123 Å². The van der Waals surface area contributed by atoms with Crippen molar-refractivity contribution in [3.05, 3.63) is 0 Å².